The molecule has 0 spiro atoms. The highest BCUT2D eigenvalue weighted by Crippen LogP contribution is 2.21. The first-order valence-electron chi connectivity index (χ1n) is 4.15. The van der Waals surface area contributed by atoms with E-state index in [9.17, 15) is 10.2 Å². The van der Waals surface area contributed by atoms with Crippen LogP contribution in [0.25, 0.3) is 0 Å². The maximum absolute atomic E-state index is 9.31. The van der Waals surface area contributed by atoms with Gasteiger partial charge in [-0.3, -0.25) is 0 Å². The van der Waals surface area contributed by atoms with E-state index in [0.717, 1.165) is 0 Å². The highest BCUT2D eigenvalue weighted by molar-refractivity contribution is 4.91. The van der Waals surface area contributed by atoms with Crippen molar-refractivity contribution < 1.29 is 35.4 Å². The molecule has 0 unspecified atom stereocenters. The minimum Gasteiger partial charge on any atom is -0.394 e. The van der Waals surface area contributed by atoms with Crippen LogP contribution in [-0.2, 0) is 4.74 Å². The molecular weight excluding hydrogens is 196 g/mol. The Labute approximate surface area is 79.8 Å². The Hall–Kier alpha value is -0.280. The fraction of sp³-hybridized carbons (Fsp3) is 1.00. The second-order valence-electron chi connectivity index (χ2n) is 3.21. The van der Waals surface area contributed by atoms with Gasteiger partial charge >= 0.3 is 0 Å². The third kappa shape index (κ3) is 2.04. The summed E-state index contributed by atoms with van der Waals surface area (Å²) in [7, 11) is 0. The Bertz CT molecular complexity index is 187. The first kappa shape index (κ1) is 11.8. The lowest BCUT2D eigenvalue weighted by molar-refractivity contribution is -0.298. The van der Waals surface area contributed by atoms with Crippen molar-refractivity contribution in [2.24, 2.45) is 0 Å². The van der Waals surface area contributed by atoms with Gasteiger partial charge in [-0.1, -0.05) is 0 Å². The van der Waals surface area contributed by atoms with E-state index < -0.39 is 43.4 Å². The summed E-state index contributed by atoms with van der Waals surface area (Å²) in [4.78, 5) is 0. The second kappa shape index (κ2) is 4.49. The molecule has 0 radical (unpaired) electrons. The van der Waals surface area contributed by atoms with Gasteiger partial charge in [-0.25, -0.2) is 0 Å². The topological polar surface area (TPSA) is 131 Å². The number of aliphatic hydroxyl groups excluding tert-OH is 6. The lowest BCUT2D eigenvalue weighted by Crippen LogP contribution is -2.61. The zero-order chi connectivity index (χ0) is 10.9. The SMILES string of the molecule is OC[C@@H](O)[C@H]1O[C@H](O)[C@H](O)[C@@H](O)[C@@H]1O. The molecule has 7 nitrogen and oxygen atoms in total. The standard InChI is InChI=1S/C7H14O7/c8-1-2(9)6-4(11)3(10)5(12)7(13)14-6/h2-13H,1H2/t2-,3+,4+,5-,6-,7+/m1/s1. The Kier molecular flexibility index (Phi) is 3.78. The van der Waals surface area contributed by atoms with Crippen molar-refractivity contribution in [3.05, 3.63) is 0 Å². The molecule has 0 saturated carbocycles. The summed E-state index contributed by atoms with van der Waals surface area (Å²) in [5, 5.41) is 54.3. The van der Waals surface area contributed by atoms with Crippen LogP contribution in [-0.4, -0.2) is 74.1 Å². The zero-order valence-electron chi connectivity index (χ0n) is 7.26. The van der Waals surface area contributed by atoms with Crippen LogP contribution in [0.1, 0.15) is 0 Å². The normalized spacial score (nSPS) is 46.3. The van der Waals surface area contributed by atoms with Gasteiger partial charge in [0.25, 0.3) is 0 Å². The first-order valence-corrected chi connectivity index (χ1v) is 4.15. The molecule has 0 aromatic carbocycles. The van der Waals surface area contributed by atoms with Gasteiger partial charge in [0.05, 0.1) is 6.61 Å². The monoisotopic (exact) mass is 210 g/mol. The number of ether oxygens (including phenoxy) is 1. The second-order valence-corrected chi connectivity index (χ2v) is 3.21. The van der Waals surface area contributed by atoms with Gasteiger partial charge in [0, 0.05) is 0 Å². The maximum atomic E-state index is 9.31. The smallest absolute Gasteiger partial charge is 0.184 e. The molecular formula is C7H14O7. The van der Waals surface area contributed by atoms with Crippen LogP contribution in [0.3, 0.4) is 0 Å². The van der Waals surface area contributed by atoms with Crippen LogP contribution in [0.2, 0.25) is 0 Å². The number of hydrogen-bond donors (Lipinski definition) is 6. The van der Waals surface area contributed by atoms with Crippen molar-refractivity contribution in [3.8, 4) is 0 Å². The average Bonchev–Trinajstić information content (AvgIpc) is 2.19. The van der Waals surface area contributed by atoms with Crippen LogP contribution >= 0.6 is 0 Å². The van der Waals surface area contributed by atoms with E-state index in [0.29, 0.717) is 0 Å². The fourth-order valence-corrected chi connectivity index (χ4v) is 1.31. The van der Waals surface area contributed by atoms with Crippen molar-refractivity contribution in [2.45, 2.75) is 36.8 Å². The van der Waals surface area contributed by atoms with E-state index >= 15 is 0 Å². The summed E-state index contributed by atoms with van der Waals surface area (Å²) in [6.07, 6.45) is -9.26. The molecule has 14 heavy (non-hydrogen) atoms. The molecule has 1 rings (SSSR count). The maximum Gasteiger partial charge on any atom is 0.184 e. The highest BCUT2D eigenvalue weighted by atomic mass is 16.6. The molecule has 1 aliphatic heterocycles. The molecule has 1 fully saturated rings. The fourth-order valence-electron chi connectivity index (χ4n) is 1.31. The summed E-state index contributed by atoms with van der Waals surface area (Å²) in [5.41, 5.74) is 0. The summed E-state index contributed by atoms with van der Waals surface area (Å²) in [6, 6.07) is 0. The molecule has 7 heteroatoms. The number of aliphatic hydroxyl groups is 6. The molecule has 6 N–H and O–H groups in total. The molecule has 0 amide bonds. The van der Waals surface area contributed by atoms with Crippen LogP contribution in [0.4, 0.5) is 0 Å². The third-order valence-corrected chi connectivity index (χ3v) is 2.19. The van der Waals surface area contributed by atoms with Crippen LogP contribution in [0.15, 0.2) is 0 Å². The van der Waals surface area contributed by atoms with Gasteiger partial charge in [0.2, 0.25) is 0 Å². The van der Waals surface area contributed by atoms with Crippen LogP contribution < -0.4 is 0 Å². The summed E-state index contributed by atoms with van der Waals surface area (Å²) in [5.74, 6) is 0. The van der Waals surface area contributed by atoms with Crippen LogP contribution in [0.5, 0.6) is 0 Å². The van der Waals surface area contributed by atoms with Crippen LogP contribution in [0, 0.1) is 0 Å². The predicted octanol–water partition coefficient (Wildman–Crippen LogP) is -3.86. The zero-order valence-corrected chi connectivity index (χ0v) is 7.26. The van der Waals surface area contributed by atoms with Crippen molar-refractivity contribution in [2.75, 3.05) is 6.61 Å². The molecule has 1 aliphatic rings. The van der Waals surface area contributed by atoms with Crippen molar-refractivity contribution >= 4 is 0 Å². The van der Waals surface area contributed by atoms with E-state index in [4.69, 9.17) is 20.4 Å². The largest absolute Gasteiger partial charge is 0.394 e. The van der Waals surface area contributed by atoms with Gasteiger partial charge in [-0.2, -0.15) is 0 Å². The molecule has 1 heterocycles. The quantitative estimate of drug-likeness (QED) is 0.275. The van der Waals surface area contributed by atoms with Crippen molar-refractivity contribution in [1.29, 1.82) is 0 Å². The van der Waals surface area contributed by atoms with Crippen molar-refractivity contribution in [3.63, 3.8) is 0 Å². The highest BCUT2D eigenvalue weighted by Gasteiger charge is 2.45. The van der Waals surface area contributed by atoms with Gasteiger partial charge < -0.3 is 35.4 Å². The third-order valence-electron chi connectivity index (χ3n) is 2.19. The molecule has 0 aromatic rings. The molecule has 0 aromatic heterocycles. The van der Waals surface area contributed by atoms with Gasteiger partial charge in [0.1, 0.15) is 30.5 Å². The predicted molar refractivity (Wildman–Crippen MR) is 42.0 cm³/mol. The van der Waals surface area contributed by atoms with E-state index in [1.807, 2.05) is 0 Å². The average molecular weight is 210 g/mol. The van der Waals surface area contributed by atoms with Gasteiger partial charge in [-0.15, -0.1) is 0 Å². The molecule has 0 aliphatic carbocycles. The van der Waals surface area contributed by atoms with Gasteiger partial charge in [0.15, 0.2) is 6.29 Å². The Balaban J connectivity index is 2.70. The molecule has 6 atom stereocenters. The molecule has 0 bridgehead atoms. The van der Waals surface area contributed by atoms with Crippen molar-refractivity contribution in [1.82, 2.24) is 0 Å². The Morgan fingerprint density at radius 1 is 1.00 bits per heavy atom. The molecule has 1 saturated heterocycles. The first-order chi connectivity index (χ1) is 6.49. The summed E-state index contributed by atoms with van der Waals surface area (Å²) < 4.78 is 4.62. The Morgan fingerprint density at radius 2 is 1.57 bits per heavy atom. The summed E-state index contributed by atoms with van der Waals surface area (Å²) in [6.45, 7) is -0.683. The lowest BCUT2D eigenvalue weighted by Gasteiger charge is -2.39. The molecule has 84 valence electrons. The van der Waals surface area contributed by atoms with Gasteiger partial charge in [-0.05, 0) is 0 Å². The minimum absolute atomic E-state index is 0.683. The lowest BCUT2D eigenvalue weighted by atomic mass is 9.96. The van der Waals surface area contributed by atoms with E-state index in [1.54, 1.807) is 0 Å². The minimum atomic E-state index is -1.69. The van der Waals surface area contributed by atoms with E-state index in [2.05, 4.69) is 4.74 Å². The van der Waals surface area contributed by atoms with E-state index in [-0.39, 0.29) is 0 Å². The summed E-state index contributed by atoms with van der Waals surface area (Å²) >= 11 is 0. The number of rotatable bonds is 2. The van der Waals surface area contributed by atoms with E-state index in [1.165, 1.54) is 0 Å². The number of hydrogen-bond acceptors (Lipinski definition) is 7. The Morgan fingerprint density at radius 3 is 2.07 bits per heavy atom.